The molecule has 114 valence electrons. The average Bonchev–Trinajstić information content (AvgIpc) is 3.17. The molecular weight excluding hydrogens is 296 g/mol. The molecule has 3 heteroatoms. The molecular formula is C21H14N2O. The number of aromatic amines is 1. The van der Waals surface area contributed by atoms with Crippen molar-refractivity contribution in [2.75, 3.05) is 0 Å². The van der Waals surface area contributed by atoms with E-state index in [9.17, 15) is 4.79 Å². The van der Waals surface area contributed by atoms with Crippen molar-refractivity contribution in [3.8, 4) is 22.5 Å². The Kier molecular flexibility index (Phi) is 2.57. The highest BCUT2D eigenvalue weighted by atomic mass is 16.1. The van der Waals surface area contributed by atoms with Crippen molar-refractivity contribution in [3.63, 3.8) is 0 Å². The van der Waals surface area contributed by atoms with E-state index < -0.39 is 0 Å². The van der Waals surface area contributed by atoms with Crippen molar-refractivity contribution in [1.82, 2.24) is 9.97 Å². The Labute approximate surface area is 139 Å². The van der Waals surface area contributed by atoms with Gasteiger partial charge in [-0.05, 0) is 24.1 Å². The van der Waals surface area contributed by atoms with Crippen molar-refractivity contribution < 1.29 is 4.79 Å². The number of carbonyl (C=O) groups excluding carboxylic acids is 1. The molecule has 0 radical (unpaired) electrons. The Morgan fingerprint density at radius 1 is 0.792 bits per heavy atom. The van der Waals surface area contributed by atoms with E-state index in [4.69, 9.17) is 4.98 Å². The van der Waals surface area contributed by atoms with Crippen molar-refractivity contribution in [1.29, 1.82) is 0 Å². The molecule has 0 fully saturated rings. The van der Waals surface area contributed by atoms with Gasteiger partial charge in [0.2, 0.25) is 0 Å². The lowest BCUT2D eigenvalue weighted by atomic mass is 9.99. The summed E-state index contributed by atoms with van der Waals surface area (Å²) in [6.07, 6.45) is 0. The number of hydrogen-bond acceptors (Lipinski definition) is 2. The first kappa shape index (κ1) is 13.3. The molecule has 0 saturated carbocycles. The number of para-hydroxylation sites is 1. The van der Waals surface area contributed by atoms with Gasteiger partial charge in [-0.2, -0.15) is 0 Å². The molecule has 0 atom stereocenters. The standard InChI is InChI=1S/C21H14N2O/c1-12-6-4-11-17-19(12)23-21(22-17)16-10-5-9-15-18(16)13-7-2-3-8-14(13)20(15)24/h2-11H,1H3,(H,22,23). The SMILES string of the molecule is Cc1cccc2[nH]c(-c3cccc4c3-c3ccccc3C4=O)nc12. The number of aryl methyl sites for hydroxylation is 1. The first-order valence-electron chi connectivity index (χ1n) is 7.97. The number of aromatic nitrogens is 2. The van der Waals surface area contributed by atoms with Crippen LogP contribution in [0.25, 0.3) is 33.5 Å². The summed E-state index contributed by atoms with van der Waals surface area (Å²) in [6, 6.07) is 19.7. The van der Waals surface area contributed by atoms with Crippen molar-refractivity contribution in [3.05, 3.63) is 77.4 Å². The molecule has 0 spiro atoms. The molecule has 0 unspecified atom stereocenters. The molecule has 0 saturated heterocycles. The van der Waals surface area contributed by atoms with E-state index in [0.29, 0.717) is 0 Å². The largest absolute Gasteiger partial charge is 0.338 e. The Hall–Kier alpha value is -3.20. The summed E-state index contributed by atoms with van der Waals surface area (Å²) in [6.45, 7) is 2.06. The van der Waals surface area contributed by atoms with Crippen molar-refractivity contribution >= 4 is 16.8 Å². The molecule has 1 aromatic heterocycles. The van der Waals surface area contributed by atoms with Crippen LogP contribution in [0.1, 0.15) is 21.5 Å². The van der Waals surface area contributed by atoms with Crippen LogP contribution >= 0.6 is 0 Å². The molecule has 3 aromatic carbocycles. The van der Waals surface area contributed by atoms with Crippen LogP contribution < -0.4 is 0 Å². The molecule has 3 nitrogen and oxygen atoms in total. The summed E-state index contributed by atoms with van der Waals surface area (Å²) in [5.41, 5.74) is 7.60. The minimum absolute atomic E-state index is 0.0924. The van der Waals surface area contributed by atoms with Crippen molar-refractivity contribution in [2.24, 2.45) is 0 Å². The van der Waals surface area contributed by atoms with E-state index in [1.807, 2.05) is 54.6 Å². The summed E-state index contributed by atoms with van der Waals surface area (Å²) >= 11 is 0. The number of imidazole rings is 1. The first-order valence-corrected chi connectivity index (χ1v) is 7.97. The normalized spacial score (nSPS) is 12.5. The fraction of sp³-hybridized carbons (Fsp3) is 0.0476. The van der Waals surface area contributed by atoms with Gasteiger partial charge in [0.15, 0.2) is 5.78 Å². The zero-order valence-electron chi connectivity index (χ0n) is 13.1. The van der Waals surface area contributed by atoms with Gasteiger partial charge >= 0.3 is 0 Å². The third-order valence-corrected chi connectivity index (χ3v) is 4.72. The maximum absolute atomic E-state index is 12.7. The summed E-state index contributed by atoms with van der Waals surface area (Å²) in [5, 5.41) is 0. The van der Waals surface area contributed by atoms with E-state index in [-0.39, 0.29) is 5.78 Å². The molecule has 5 rings (SSSR count). The van der Waals surface area contributed by atoms with Crippen LogP contribution in [-0.2, 0) is 0 Å². The molecule has 1 aliphatic rings. The number of H-pyrrole nitrogens is 1. The second kappa shape index (κ2) is 4.65. The number of fused-ring (bicyclic) bond motifs is 4. The summed E-state index contributed by atoms with van der Waals surface area (Å²) < 4.78 is 0. The molecule has 1 aliphatic carbocycles. The van der Waals surface area contributed by atoms with Gasteiger partial charge in [0.05, 0.1) is 11.0 Å². The van der Waals surface area contributed by atoms with Crippen LogP contribution in [0.15, 0.2) is 60.7 Å². The molecule has 24 heavy (non-hydrogen) atoms. The molecule has 0 aliphatic heterocycles. The lowest BCUT2D eigenvalue weighted by molar-refractivity contribution is 0.104. The number of nitrogens with one attached hydrogen (secondary N) is 1. The second-order valence-corrected chi connectivity index (χ2v) is 6.16. The van der Waals surface area contributed by atoms with E-state index in [0.717, 1.165) is 50.2 Å². The van der Waals surface area contributed by atoms with Gasteiger partial charge < -0.3 is 4.98 Å². The third kappa shape index (κ3) is 1.67. The van der Waals surface area contributed by atoms with Crippen LogP contribution in [0.5, 0.6) is 0 Å². The van der Waals surface area contributed by atoms with E-state index in [1.54, 1.807) is 0 Å². The lowest BCUT2D eigenvalue weighted by Gasteiger charge is -2.06. The van der Waals surface area contributed by atoms with Gasteiger partial charge in [0.25, 0.3) is 0 Å². The predicted octanol–water partition coefficient (Wildman–Crippen LogP) is 4.75. The predicted molar refractivity (Wildman–Crippen MR) is 95.1 cm³/mol. The number of carbonyl (C=O) groups is 1. The van der Waals surface area contributed by atoms with Crippen molar-refractivity contribution in [2.45, 2.75) is 6.92 Å². The second-order valence-electron chi connectivity index (χ2n) is 6.16. The van der Waals surface area contributed by atoms with Gasteiger partial charge in [-0.3, -0.25) is 4.79 Å². The number of ketones is 1. The number of benzene rings is 3. The maximum Gasteiger partial charge on any atom is 0.194 e. The first-order chi connectivity index (χ1) is 11.7. The van der Waals surface area contributed by atoms with Crippen LogP contribution in [-0.4, -0.2) is 15.8 Å². The monoisotopic (exact) mass is 310 g/mol. The number of rotatable bonds is 1. The Balaban J connectivity index is 1.83. The summed E-state index contributed by atoms with van der Waals surface area (Å²) in [5.74, 6) is 0.899. The van der Waals surface area contributed by atoms with E-state index in [1.165, 1.54) is 0 Å². The third-order valence-electron chi connectivity index (χ3n) is 4.72. The molecule has 1 heterocycles. The molecule has 0 amide bonds. The van der Waals surface area contributed by atoms with Gasteiger partial charge in [0.1, 0.15) is 5.82 Å². The van der Waals surface area contributed by atoms with Crippen LogP contribution in [0, 0.1) is 6.92 Å². The summed E-state index contributed by atoms with van der Waals surface area (Å²) in [4.78, 5) is 20.9. The smallest absolute Gasteiger partial charge is 0.194 e. The van der Waals surface area contributed by atoms with Crippen LogP contribution in [0.2, 0.25) is 0 Å². The zero-order valence-corrected chi connectivity index (χ0v) is 13.1. The zero-order chi connectivity index (χ0) is 16.3. The Morgan fingerprint density at radius 2 is 1.50 bits per heavy atom. The topological polar surface area (TPSA) is 45.8 Å². The van der Waals surface area contributed by atoms with Gasteiger partial charge in [0, 0.05) is 22.3 Å². The van der Waals surface area contributed by atoms with Gasteiger partial charge in [-0.15, -0.1) is 0 Å². The number of hydrogen-bond donors (Lipinski definition) is 1. The Bertz CT molecular complexity index is 1140. The highest BCUT2D eigenvalue weighted by Gasteiger charge is 2.29. The molecule has 0 bridgehead atoms. The Morgan fingerprint density at radius 3 is 2.33 bits per heavy atom. The minimum atomic E-state index is 0.0924. The fourth-order valence-electron chi connectivity index (χ4n) is 3.58. The average molecular weight is 310 g/mol. The summed E-state index contributed by atoms with van der Waals surface area (Å²) in [7, 11) is 0. The maximum atomic E-state index is 12.7. The van der Waals surface area contributed by atoms with Crippen LogP contribution in [0.3, 0.4) is 0 Å². The van der Waals surface area contributed by atoms with E-state index in [2.05, 4.69) is 18.0 Å². The lowest BCUT2D eigenvalue weighted by Crippen LogP contribution is -1.94. The molecule has 4 aromatic rings. The van der Waals surface area contributed by atoms with Crippen LogP contribution in [0.4, 0.5) is 0 Å². The minimum Gasteiger partial charge on any atom is -0.338 e. The quantitative estimate of drug-likeness (QED) is 0.485. The highest BCUT2D eigenvalue weighted by molar-refractivity contribution is 6.23. The van der Waals surface area contributed by atoms with Gasteiger partial charge in [-0.1, -0.05) is 54.6 Å². The van der Waals surface area contributed by atoms with E-state index >= 15 is 0 Å². The highest BCUT2D eigenvalue weighted by Crippen LogP contribution is 2.42. The number of nitrogens with zero attached hydrogens (tertiary/aromatic N) is 1. The van der Waals surface area contributed by atoms with Gasteiger partial charge in [-0.25, -0.2) is 4.98 Å². The fourth-order valence-corrected chi connectivity index (χ4v) is 3.58. The molecule has 1 N–H and O–H groups in total.